The smallest absolute Gasteiger partial charge is 0.262 e. The fourth-order valence-corrected chi connectivity index (χ4v) is 3.77. The molecule has 2 rings (SSSR count). The third-order valence-electron chi connectivity index (χ3n) is 3.06. The van der Waals surface area contributed by atoms with E-state index in [0.29, 0.717) is 30.7 Å². The number of rotatable bonds is 4. The van der Waals surface area contributed by atoms with E-state index in [0.717, 1.165) is 6.42 Å². The summed E-state index contributed by atoms with van der Waals surface area (Å²) in [6, 6.07) is 0. The first kappa shape index (κ1) is 13.4. The molecule has 0 aliphatic carbocycles. The summed E-state index contributed by atoms with van der Waals surface area (Å²) in [5.74, 6) is 1.31. The summed E-state index contributed by atoms with van der Waals surface area (Å²) in [6.45, 7) is 5.46. The average Bonchev–Trinajstić information content (AvgIpc) is 2.78. The number of nitrogens with one attached hydrogen (secondary N) is 2. The SMILES string of the molecule is CC1CC(C)CN(S(=O)(=O)NCc2ncn[nH]2)C1. The maximum atomic E-state index is 12.1. The van der Waals surface area contributed by atoms with Gasteiger partial charge in [-0.2, -0.15) is 22.5 Å². The first-order valence-electron chi connectivity index (χ1n) is 6.06. The van der Waals surface area contributed by atoms with Crippen LogP contribution in [0.15, 0.2) is 6.33 Å². The number of nitrogens with zero attached hydrogens (tertiary/aromatic N) is 3. The van der Waals surface area contributed by atoms with Crippen LogP contribution in [-0.2, 0) is 16.8 Å². The first-order valence-corrected chi connectivity index (χ1v) is 7.50. The van der Waals surface area contributed by atoms with Crippen molar-refractivity contribution < 1.29 is 8.42 Å². The molecule has 8 heteroatoms. The molecule has 0 amide bonds. The zero-order valence-corrected chi connectivity index (χ0v) is 11.4. The second-order valence-corrected chi connectivity index (χ2v) is 6.78. The monoisotopic (exact) mass is 273 g/mol. The van der Waals surface area contributed by atoms with Crippen LogP contribution in [0.3, 0.4) is 0 Å². The van der Waals surface area contributed by atoms with Crippen molar-refractivity contribution in [1.29, 1.82) is 0 Å². The van der Waals surface area contributed by atoms with Crippen LogP contribution >= 0.6 is 0 Å². The Morgan fingerprint density at radius 2 is 2.11 bits per heavy atom. The molecule has 2 N–H and O–H groups in total. The molecule has 1 fully saturated rings. The van der Waals surface area contributed by atoms with Crippen molar-refractivity contribution in [3.05, 3.63) is 12.2 Å². The standard InChI is InChI=1S/C10H19N5O2S/c1-8-3-9(2)6-15(5-8)18(16,17)13-4-10-11-7-12-14-10/h7-9,13H,3-6H2,1-2H3,(H,11,12,14). The summed E-state index contributed by atoms with van der Waals surface area (Å²) in [5.41, 5.74) is 0. The zero-order valence-electron chi connectivity index (χ0n) is 10.6. The molecule has 1 aliphatic rings. The minimum absolute atomic E-state index is 0.140. The van der Waals surface area contributed by atoms with Crippen LogP contribution in [-0.4, -0.2) is 41.0 Å². The van der Waals surface area contributed by atoms with Crippen molar-refractivity contribution in [3.63, 3.8) is 0 Å². The lowest BCUT2D eigenvalue weighted by Crippen LogP contribution is -2.47. The second kappa shape index (κ2) is 5.33. The van der Waals surface area contributed by atoms with Gasteiger partial charge in [-0.1, -0.05) is 13.8 Å². The number of piperidine rings is 1. The number of hydrogen-bond acceptors (Lipinski definition) is 4. The van der Waals surface area contributed by atoms with Gasteiger partial charge in [-0.25, -0.2) is 4.98 Å². The van der Waals surface area contributed by atoms with Crippen LogP contribution in [0.25, 0.3) is 0 Å². The van der Waals surface area contributed by atoms with Crippen LogP contribution < -0.4 is 4.72 Å². The molecule has 0 aromatic carbocycles. The summed E-state index contributed by atoms with van der Waals surface area (Å²) >= 11 is 0. The van der Waals surface area contributed by atoms with Gasteiger partial charge in [0.15, 0.2) is 0 Å². The quantitative estimate of drug-likeness (QED) is 0.815. The third-order valence-corrected chi connectivity index (χ3v) is 4.55. The highest BCUT2D eigenvalue weighted by Crippen LogP contribution is 2.22. The highest BCUT2D eigenvalue weighted by atomic mass is 32.2. The summed E-state index contributed by atoms with van der Waals surface area (Å²) in [5, 5.41) is 6.30. The van der Waals surface area contributed by atoms with Gasteiger partial charge < -0.3 is 0 Å². The number of aromatic amines is 1. The Hall–Kier alpha value is -0.990. The lowest BCUT2D eigenvalue weighted by molar-refractivity contribution is 0.220. The van der Waals surface area contributed by atoms with Crippen molar-refractivity contribution >= 4 is 10.2 Å². The van der Waals surface area contributed by atoms with Crippen molar-refractivity contribution in [2.45, 2.75) is 26.8 Å². The molecular formula is C10H19N5O2S. The van der Waals surface area contributed by atoms with E-state index >= 15 is 0 Å². The number of hydrogen-bond donors (Lipinski definition) is 2. The molecule has 1 aliphatic heterocycles. The Morgan fingerprint density at radius 3 is 2.67 bits per heavy atom. The topological polar surface area (TPSA) is 91.0 Å². The lowest BCUT2D eigenvalue weighted by Gasteiger charge is -2.33. The summed E-state index contributed by atoms with van der Waals surface area (Å²) in [6.07, 6.45) is 2.43. The van der Waals surface area contributed by atoms with Crippen molar-refractivity contribution in [2.24, 2.45) is 11.8 Å². The predicted octanol–water partition coefficient (Wildman–Crippen LogP) is 0.117. The molecule has 0 bridgehead atoms. The molecule has 18 heavy (non-hydrogen) atoms. The Balaban J connectivity index is 1.97. The van der Waals surface area contributed by atoms with Gasteiger partial charge in [0.2, 0.25) is 0 Å². The van der Waals surface area contributed by atoms with Crippen LogP contribution in [0.5, 0.6) is 0 Å². The van der Waals surface area contributed by atoms with Gasteiger partial charge in [0, 0.05) is 13.1 Å². The van der Waals surface area contributed by atoms with Gasteiger partial charge in [0.25, 0.3) is 10.2 Å². The first-order chi connectivity index (χ1) is 8.47. The molecule has 1 aromatic heterocycles. The average molecular weight is 273 g/mol. The van der Waals surface area contributed by atoms with E-state index in [9.17, 15) is 8.42 Å². The van der Waals surface area contributed by atoms with Crippen LogP contribution in [0.2, 0.25) is 0 Å². The van der Waals surface area contributed by atoms with E-state index in [4.69, 9.17) is 0 Å². The van der Waals surface area contributed by atoms with Gasteiger partial charge in [-0.3, -0.25) is 5.10 Å². The van der Waals surface area contributed by atoms with Crippen molar-refractivity contribution in [3.8, 4) is 0 Å². The van der Waals surface area contributed by atoms with E-state index < -0.39 is 10.2 Å². The molecule has 2 atom stereocenters. The van der Waals surface area contributed by atoms with Gasteiger partial charge in [-0.15, -0.1) is 0 Å². The van der Waals surface area contributed by atoms with E-state index in [1.165, 1.54) is 10.6 Å². The van der Waals surface area contributed by atoms with Crippen LogP contribution in [0.1, 0.15) is 26.1 Å². The fraction of sp³-hybridized carbons (Fsp3) is 0.800. The molecule has 2 unspecified atom stereocenters. The fourth-order valence-electron chi connectivity index (χ4n) is 2.37. The Bertz CT molecular complexity index is 462. The highest BCUT2D eigenvalue weighted by molar-refractivity contribution is 7.87. The van der Waals surface area contributed by atoms with Crippen LogP contribution in [0.4, 0.5) is 0 Å². The summed E-state index contributed by atoms with van der Waals surface area (Å²) in [4.78, 5) is 3.88. The number of aromatic nitrogens is 3. The molecule has 1 aromatic rings. The molecule has 1 saturated heterocycles. The summed E-state index contributed by atoms with van der Waals surface area (Å²) < 4.78 is 28.3. The molecule has 0 saturated carbocycles. The highest BCUT2D eigenvalue weighted by Gasteiger charge is 2.30. The molecule has 0 radical (unpaired) electrons. The summed E-state index contributed by atoms with van der Waals surface area (Å²) in [7, 11) is -3.43. The van der Waals surface area contributed by atoms with Crippen molar-refractivity contribution in [2.75, 3.05) is 13.1 Å². The maximum absolute atomic E-state index is 12.1. The molecule has 0 spiro atoms. The van der Waals surface area contributed by atoms with Crippen LogP contribution in [0, 0.1) is 11.8 Å². The van der Waals surface area contributed by atoms with Crippen molar-refractivity contribution in [1.82, 2.24) is 24.2 Å². The van der Waals surface area contributed by atoms with E-state index in [-0.39, 0.29) is 6.54 Å². The Morgan fingerprint density at radius 1 is 1.44 bits per heavy atom. The molecule has 102 valence electrons. The minimum atomic E-state index is -3.43. The minimum Gasteiger partial charge on any atom is -0.262 e. The zero-order chi connectivity index (χ0) is 13.2. The largest absolute Gasteiger partial charge is 0.279 e. The Kier molecular flexibility index (Phi) is 3.98. The van der Waals surface area contributed by atoms with E-state index in [1.807, 2.05) is 0 Å². The van der Waals surface area contributed by atoms with E-state index in [1.54, 1.807) is 0 Å². The predicted molar refractivity (Wildman–Crippen MR) is 66.7 cm³/mol. The second-order valence-electron chi connectivity index (χ2n) is 5.02. The lowest BCUT2D eigenvalue weighted by atomic mass is 9.94. The van der Waals surface area contributed by atoms with Gasteiger partial charge >= 0.3 is 0 Å². The third kappa shape index (κ3) is 3.27. The van der Waals surface area contributed by atoms with Gasteiger partial charge in [-0.05, 0) is 18.3 Å². The number of H-pyrrole nitrogens is 1. The normalized spacial score (nSPS) is 26.3. The Labute approximate surface area is 107 Å². The van der Waals surface area contributed by atoms with Gasteiger partial charge in [0.05, 0.1) is 6.54 Å². The molecule has 7 nitrogen and oxygen atoms in total. The van der Waals surface area contributed by atoms with E-state index in [2.05, 4.69) is 33.8 Å². The molecule has 2 heterocycles. The maximum Gasteiger partial charge on any atom is 0.279 e. The molecular weight excluding hydrogens is 254 g/mol. The van der Waals surface area contributed by atoms with Gasteiger partial charge in [0.1, 0.15) is 12.2 Å².